The molecule has 1 unspecified atom stereocenters. The van der Waals surface area contributed by atoms with Crippen molar-refractivity contribution in [2.24, 2.45) is 5.73 Å². The normalized spacial score (nSPS) is 11.9. The van der Waals surface area contributed by atoms with Crippen molar-refractivity contribution in [3.05, 3.63) is 63.9 Å². The van der Waals surface area contributed by atoms with Crippen LogP contribution in [0.15, 0.2) is 46.9 Å². The van der Waals surface area contributed by atoms with E-state index in [0.717, 1.165) is 10.0 Å². The third kappa shape index (κ3) is 3.55. The van der Waals surface area contributed by atoms with Crippen molar-refractivity contribution in [3.63, 3.8) is 0 Å². The molecule has 0 saturated carbocycles. The van der Waals surface area contributed by atoms with Crippen molar-refractivity contribution in [2.45, 2.75) is 13.0 Å². The van der Waals surface area contributed by atoms with Gasteiger partial charge in [-0.3, -0.25) is 0 Å². The topological polar surface area (TPSA) is 38.0 Å². The second-order valence-corrected chi connectivity index (χ2v) is 5.83. The quantitative estimate of drug-likeness (QED) is 0.801. The first kappa shape index (κ1) is 14.9. The first-order chi connectivity index (χ1) is 9.47. The maximum Gasteiger partial charge on any atom is 0.135 e. The second kappa shape index (κ2) is 6.33. The first-order valence-corrected chi connectivity index (χ1v) is 7.29. The van der Waals surface area contributed by atoms with Gasteiger partial charge in [-0.05, 0) is 42.8 Å². The molecule has 20 heavy (non-hydrogen) atoms. The van der Waals surface area contributed by atoms with E-state index < -0.39 is 5.82 Å². The van der Waals surface area contributed by atoms with Crippen molar-refractivity contribution in [2.75, 3.05) is 5.32 Å². The van der Waals surface area contributed by atoms with E-state index in [4.69, 9.17) is 18.0 Å². The molecule has 2 aromatic rings. The van der Waals surface area contributed by atoms with E-state index in [9.17, 15) is 4.39 Å². The molecule has 0 aliphatic rings. The molecule has 2 aromatic carbocycles. The van der Waals surface area contributed by atoms with Gasteiger partial charge in [-0.1, -0.05) is 40.3 Å². The predicted octanol–water partition coefficient (Wildman–Crippen LogP) is 4.40. The lowest BCUT2D eigenvalue weighted by Crippen LogP contribution is -2.12. The van der Waals surface area contributed by atoms with Gasteiger partial charge in [-0.15, -0.1) is 0 Å². The zero-order valence-electron chi connectivity index (χ0n) is 10.9. The van der Waals surface area contributed by atoms with Crippen LogP contribution in [0.25, 0.3) is 0 Å². The van der Waals surface area contributed by atoms with Crippen molar-refractivity contribution >= 4 is 38.8 Å². The molecule has 3 N–H and O–H groups in total. The molecule has 5 heteroatoms. The van der Waals surface area contributed by atoms with Gasteiger partial charge >= 0.3 is 0 Å². The summed E-state index contributed by atoms with van der Waals surface area (Å²) < 4.78 is 14.8. The molecule has 2 nitrogen and oxygen atoms in total. The number of nitrogens with one attached hydrogen (secondary N) is 1. The van der Waals surface area contributed by atoms with Gasteiger partial charge in [-0.2, -0.15) is 0 Å². The minimum Gasteiger partial charge on any atom is -0.389 e. The molecule has 0 spiro atoms. The Hall–Kier alpha value is -1.46. The van der Waals surface area contributed by atoms with E-state index in [1.807, 2.05) is 31.2 Å². The average molecular weight is 353 g/mol. The zero-order chi connectivity index (χ0) is 14.7. The summed E-state index contributed by atoms with van der Waals surface area (Å²) in [6, 6.07) is 12.8. The van der Waals surface area contributed by atoms with E-state index in [2.05, 4.69) is 21.2 Å². The van der Waals surface area contributed by atoms with Gasteiger partial charge in [0.2, 0.25) is 0 Å². The highest BCUT2D eigenvalue weighted by atomic mass is 79.9. The first-order valence-electron chi connectivity index (χ1n) is 6.08. The Morgan fingerprint density at radius 2 is 1.90 bits per heavy atom. The highest BCUT2D eigenvalue weighted by molar-refractivity contribution is 9.10. The van der Waals surface area contributed by atoms with Crippen molar-refractivity contribution in [1.29, 1.82) is 0 Å². The smallest absolute Gasteiger partial charge is 0.135 e. The Bertz CT molecular complexity index is 628. The number of halogens is 2. The van der Waals surface area contributed by atoms with E-state index in [0.29, 0.717) is 5.69 Å². The molecule has 0 fully saturated rings. The fraction of sp³-hybridized carbons (Fsp3) is 0.133. The lowest BCUT2D eigenvalue weighted by molar-refractivity contribution is 0.625. The third-order valence-electron chi connectivity index (χ3n) is 2.99. The Morgan fingerprint density at radius 1 is 1.25 bits per heavy atom. The summed E-state index contributed by atoms with van der Waals surface area (Å²) >= 11 is 8.18. The largest absolute Gasteiger partial charge is 0.389 e. The molecule has 0 radical (unpaired) electrons. The van der Waals surface area contributed by atoms with Crippen LogP contribution in [-0.4, -0.2) is 4.99 Å². The SMILES string of the molecule is CC(Nc1ccc(C(N)=S)c(F)c1)c1ccc(Br)cc1. The van der Waals surface area contributed by atoms with Crippen LogP contribution in [0.3, 0.4) is 0 Å². The predicted molar refractivity (Wildman–Crippen MR) is 88.5 cm³/mol. The summed E-state index contributed by atoms with van der Waals surface area (Å²) in [4.78, 5) is 0.0648. The molecule has 2 rings (SSSR count). The molecular formula is C15H14BrFN2S. The minimum atomic E-state index is -0.412. The number of rotatable bonds is 4. The van der Waals surface area contributed by atoms with E-state index >= 15 is 0 Å². The van der Waals surface area contributed by atoms with E-state index in [1.54, 1.807) is 12.1 Å². The van der Waals surface area contributed by atoms with Crippen LogP contribution in [-0.2, 0) is 0 Å². The molecule has 0 heterocycles. The van der Waals surface area contributed by atoms with Crippen LogP contribution in [0.1, 0.15) is 24.1 Å². The highest BCUT2D eigenvalue weighted by Crippen LogP contribution is 2.22. The number of hydrogen-bond acceptors (Lipinski definition) is 2. The number of benzene rings is 2. The summed E-state index contributed by atoms with van der Waals surface area (Å²) in [7, 11) is 0. The van der Waals surface area contributed by atoms with E-state index in [1.165, 1.54) is 6.07 Å². The average Bonchev–Trinajstić information content (AvgIpc) is 2.39. The summed E-state index contributed by atoms with van der Waals surface area (Å²) in [6.07, 6.45) is 0. The molecule has 0 bridgehead atoms. The standard InChI is InChI=1S/C15H14BrFN2S/c1-9(10-2-4-11(16)5-3-10)19-12-6-7-13(15(18)20)14(17)8-12/h2-9,19H,1H3,(H2,18,20). The summed E-state index contributed by atoms with van der Waals surface area (Å²) in [5.74, 6) is -0.412. The third-order valence-corrected chi connectivity index (χ3v) is 3.74. The lowest BCUT2D eigenvalue weighted by atomic mass is 10.1. The van der Waals surface area contributed by atoms with Gasteiger partial charge in [0.25, 0.3) is 0 Å². The number of thiocarbonyl (C=S) groups is 1. The summed E-state index contributed by atoms with van der Waals surface area (Å²) in [5.41, 5.74) is 7.51. The van der Waals surface area contributed by atoms with Crippen molar-refractivity contribution in [3.8, 4) is 0 Å². The molecule has 104 valence electrons. The van der Waals surface area contributed by atoms with Crippen LogP contribution in [0.5, 0.6) is 0 Å². The number of hydrogen-bond donors (Lipinski definition) is 2. The Morgan fingerprint density at radius 3 is 2.45 bits per heavy atom. The zero-order valence-corrected chi connectivity index (χ0v) is 13.3. The fourth-order valence-corrected chi connectivity index (χ4v) is 2.32. The second-order valence-electron chi connectivity index (χ2n) is 4.48. The Labute approximate surface area is 131 Å². The van der Waals surface area contributed by atoms with Crippen molar-refractivity contribution in [1.82, 2.24) is 0 Å². The molecular weight excluding hydrogens is 339 g/mol. The Balaban J connectivity index is 2.15. The van der Waals surface area contributed by atoms with Gasteiger partial charge in [-0.25, -0.2) is 4.39 Å². The molecule has 0 saturated heterocycles. The molecule has 1 atom stereocenters. The van der Waals surface area contributed by atoms with E-state index in [-0.39, 0.29) is 16.6 Å². The molecule has 0 aliphatic heterocycles. The van der Waals surface area contributed by atoms with Crippen LogP contribution >= 0.6 is 28.1 Å². The van der Waals surface area contributed by atoms with Gasteiger partial charge < -0.3 is 11.1 Å². The van der Waals surface area contributed by atoms with Crippen LogP contribution in [0, 0.1) is 5.82 Å². The molecule has 0 aliphatic carbocycles. The van der Waals surface area contributed by atoms with Crippen LogP contribution < -0.4 is 11.1 Å². The minimum absolute atomic E-state index is 0.0648. The lowest BCUT2D eigenvalue weighted by Gasteiger charge is -2.16. The maximum absolute atomic E-state index is 13.8. The maximum atomic E-state index is 13.8. The molecule has 0 amide bonds. The fourth-order valence-electron chi connectivity index (χ4n) is 1.89. The van der Waals surface area contributed by atoms with Gasteiger partial charge in [0.1, 0.15) is 10.8 Å². The number of nitrogens with two attached hydrogens (primary N) is 1. The number of anilines is 1. The molecule has 0 aromatic heterocycles. The van der Waals surface area contributed by atoms with Gasteiger partial charge in [0.05, 0.1) is 0 Å². The van der Waals surface area contributed by atoms with Gasteiger partial charge in [0.15, 0.2) is 0 Å². The summed E-state index contributed by atoms with van der Waals surface area (Å²) in [5, 5.41) is 3.25. The highest BCUT2D eigenvalue weighted by Gasteiger charge is 2.09. The van der Waals surface area contributed by atoms with Crippen LogP contribution in [0.2, 0.25) is 0 Å². The Kier molecular flexibility index (Phi) is 4.73. The van der Waals surface area contributed by atoms with Gasteiger partial charge in [0, 0.05) is 21.8 Å². The van der Waals surface area contributed by atoms with Crippen LogP contribution in [0.4, 0.5) is 10.1 Å². The van der Waals surface area contributed by atoms with Crippen molar-refractivity contribution < 1.29 is 4.39 Å². The summed E-state index contributed by atoms with van der Waals surface area (Å²) in [6.45, 7) is 2.02. The monoisotopic (exact) mass is 352 g/mol.